The van der Waals surface area contributed by atoms with Gasteiger partial charge in [0.1, 0.15) is 30.0 Å². The second kappa shape index (κ2) is 12.8. The summed E-state index contributed by atoms with van der Waals surface area (Å²) in [4.78, 5) is 37.3. The lowest BCUT2D eigenvalue weighted by atomic mass is 10.0. The van der Waals surface area contributed by atoms with Crippen molar-refractivity contribution in [3.63, 3.8) is 0 Å². The number of hydrogen-bond donors (Lipinski definition) is 3. The largest absolute Gasteiger partial charge is 0.489 e. The van der Waals surface area contributed by atoms with Gasteiger partial charge in [-0.3, -0.25) is 9.59 Å². The predicted molar refractivity (Wildman–Crippen MR) is 135 cm³/mol. The fraction of sp³-hybridized carbons (Fsp3) is 0.444. The number of rotatable bonds is 11. The van der Waals surface area contributed by atoms with E-state index >= 15 is 0 Å². The molecule has 0 spiro atoms. The van der Waals surface area contributed by atoms with Gasteiger partial charge in [-0.15, -0.1) is 0 Å². The van der Waals surface area contributed by atoms with Gasteiger partial charge in [0.05, 0.1) is 0 Å². The molecule has 0 aliphatic heterocycles. The molecule has 0 bridgehead atoms. The van der Waals surface area contributed by atoms with E-state index in [0.717, 1.165) is 11.1 Å². The molecule has 2 aromatic carbocycles. The maximum Gasteiger partial charge on any atom is 0.408 e. The van der Waals surface area contributed by atoms with Gasteiger partial charge in [0.25, 0.3) is 0 Å². The fourth-order valence-corrected chi connectivity index (χ4v) is 3.35. The molecular weight excluding hydrogens is 446 g/mol. The van der Waals surface area contributed by atoms with Gasteiger partial charge >= 0.3 is 6.09 Å². The van der Waals surface area contributed by atoms with Crippen LogP contribution in [-0.4, -0.2) is 35.6 Å². The molecule has 0 heterocycles. The number of carbonyl (C=O) groups is 3. The fourth-order valence-electron chi connectivity index (χ4n) is 3.35. The summed E-state index contributed by atoms with van der Waals surface area (Å²) in [5.41, 5.74) is 6.61. The Kier molecular flexibility index (Phi) is 10.1. The van der Waals surface area contributed by atoms with Gasteiger partial charge in [0.2, 0.25) is 11.8 Å². The summed E-state index contributed by atoms with van der Waals surface area (Å²) in [5, 5.41) is 5.30. The summed E-state index contributed by atoms with van der Waals surface area (Å²) in [6, 6.07) is 15.3. The summed E-state index contributed by atoms with van der Waals surface area (Å²) in [7, 11) is 0. The first-order chi connectivity index (χ1) is 16.4. The Morgan fingerprint density at radius 1 is 0.886 bits per heavy atom. The molecule has 0 aliphatic rings. The minimum Gasteiger partial charge on any atom is -0.489 e. The Morgan fingerprint density at radius 3 is 2.06 bits per heavy atom. The molecule has 2 atom stereocenters. The zero-order chi connectivity index (χ0) is 26.0. The van der Waals surface area contributed by atoms with Crippen molar-refractivity contribution in [2.75, 3.05) is 0 Å². The zero-order valence-corrected chi connectivity index (χ0v) is 21.2. The van der Waals surface area contributed by atoms with Crippen LogP contribution in [0.25, 0.3) is 0 Å². The predicted octanol–water partition coefficient (Wildman–Crippen LogP) is 3.72. The van der Waals surface area contributed by atoms with E-state index in [-0.39, 0.29) is 12.3 Å². The third kappa shape index (κ3) is 10.5. The van der Waals surface area contributed by atoms with Gasteiger partial charge in [0.15, 0.2) is 0 Å². The summed E-state index contributed by atoms with van der Waals surface area (Å²) < 4.78 is 11.1. The van der Waals surface area contributed by atoms with Crippen molar-refractivity contribution < 1.29 is 23.9 Å². The number of ether oxygens (including phenoxy) is 2. The normalized spacial score (nSPS) is 13.0. The van der Waals surface area contributed by atoms with E-state index in [4.69, 9.17) is 15.2 Å². The van der Waals surface area contributed by atoms with E-state index in [2.05, 4.69) is 10.6 Å². The Labute approximate surface area is 207 Å². The number of amides is 3. The van der Waals surface area contributed by atoms with Gasteiger partial charge in [-0.05, 0) is 56.4 Å². The van der Waals surface area contributed by atoms with E-state index in [1.807, 2.05) is 68.4 Å². The first-order valence-electron chi connectivity index (χ1n) is 11.8. The van der Waals surface area contributed by atoms with Crippen LogP contribution in [0.3, 0.4) is 0 Å². The van der Waals surface area contributed by atoms with E-state index in [1.165, 1.54) is 0 Å². The van der Waals surface area contributed by atoms with E-state index < -0.39 is 35.6 Å². The van der Waals surface area contributed by atoms with Crippen molar-refractivity contribution in [3.8, 4) is 5.75 Å². The molecule has 2 rings (SSSR count). The minimum atomic E-state index is -0.963. The monoisotopic (exact) mass is 483 g/mol. The summed E-state index contributed by atoms with van der Waals surface area (Å²) >= 11 is 0. The quantitative estimate of drug-likeness (QED) is 0.450. The lowest BCUT2D eigenvalue weighted by Crippen LogP contribution is -2.54. The number of primary amides is 1. The summed E-state index contributed by atoms with van der Waals surface area (Å²) in [5.74, 6) is -0.300. The highest BCUT2D eigenvalue weighted by molar-refractivity contribution is 5.91. The van der Waals surface area contributed by atoms with Crippen LogP contribution in [0, 0.1) is 5.92 Å². The van der Waals surface area contributed by atoms with Gasteiger partial charge in [-0.2, -0.15) is 0 Å². The third-order valence-corrected chi connectivity index (χ3v) is 4.99. The molecule has 8 nitrogen and oxygen atoms in total. The van der Waals surface area contributed by atoms with Crippen molar-refractivity contribution in [2.45, 2.75) is 71.8 Å². The molecular formula is C27H37N3O5. The number of carbonyl (C=O) groups excluding carboxylic acids is 3. The number of alkyl carbamates (subject to hydrolysis) is 1. The van der Waals surface area contributed by atoms with Gasteiger partial charge in [0, 0.05) is 6.42 Å². The Bertz CT molecular complexity index is 969. The van der Waals surface area contributed by atoms with Crippen LogP contribution in [0.4, 0.5) is 4.79 Å². The lowest BCUT2D eigenvalue weighted by Gasteiger charge is -2.25. The number of nitrogens with one attached hydrogen (secondary N) is 2. The Hall–Kier alpha value is -3.55. The number of nitrogens with two attached hydrogens (primary N) is 1. The van der Waals surface area contributed by atoms with Crippen molar-refractivity contribution in [2.24, 2.45) is 11.7 Å². The topological polar surface area (TPSA) is 120 Å². The maximum atomic E-state index is 13.1. The van der Waals surface area contributed by atoms with Crippen LogP contribution in [0.1, 0.15) is 52.2 Å². The van der Waals surface area contributed by atoms with E-state index in [9.17, 15) is 14.4 Å². The van der Waals surface area contributed by atoms with Crippen LogP contribution in [-0.2, 0) is 27.4 Å². The van der Waals surface area contributed by atoms with Crippen LogP contribution in [0.2, 0.25) is 0 Å². The molecule has 0 unspecified atom stereocenters. The van der Waals surface area contributed by atoms with Gasteiger partial charge < -0.3 is 25.8 Å². The van der Waals surface area contributed by atoms with Crippen molar-refractivity contribution >= 4 is 17.9 Å². The molecule has 4 N–H and O–H groups in total. The molecule has 0 fully saturated rings. The SMILES string of the molecule is CC(C)C[C@H](NC(=O)[C@@H](Cc1ccc(OCc2ccccc2)cc1)NC(=O)OC(C)(C)C)C(N)=O. The summed E-state index contributed by atoms with van der Waals surface area (Å²) in [6.45, 7) is 9.51. The van der Waals surface area contributed by atoms with Crippen LogP contribution >= 0.6 is 0 Å². The molecule has 2 aromatic rings. The molecule has 8 heteroatoms. The van der Waals surface area contributed by atoms with Gasteiger partial charge in [-0.25, -0.2) is 4.79 Å². The second-order valence-corrected chi connectivity index (χ2v) is 9.91. The lowest BCUT2D eigenvalue weighted by molar-refractivity contribution is -0.128. The maximum absolute atomic E-state index is 13.1. The third-order valence-electron chi connectivity index (χ3n) is 4.99. The van der Waals surface area contributed by atoms with Crippen LogP contribution in [0.5, 0.6) is 5.75 Å². The van der Waals surface area contributed by atoms with Crippen molar-refractivity contribution in [3.05, 3.63) is 65.7 Å². The highest BCUT2D eigenvalue weighted by atomic mass is 16.6. The van der Waals surface area contributed by atoms with Crippen LogP contribution in [0.15, 0.2) is 54.6 Å². The van der Waals surface area contributed by atoms with E-state index in [0.29, 0.717) is 18.8 Å². The molecule has 3 amide bonds. The molecule has 190 valence electrons. The highest BCUT2D eigenvalue weighted by Crippen LogP contribution is 2.16. The molecule has 35 heavy (non-hydrogen) atoms. The first kappa shape index (κ1) is 27.7. The molecule has 0 saturated heterocycles. The van der Waals surface area contributed by atoms with E-state index in [1.54, 1.807) is 20.8 Å². The molecule has 0 aliphatic carbocycles. The average Bonchev–Trinajstić information content (AvgIpc) is 2.76. The standard InChI is InChI=1S/C27H37N3O5/c1-18(2)15-22(24(28)31)29-25(32)23(30-26(33)35-27(3,4)5)16-19-11-13-21(14-12-19)34-17-20-9-7-6-8-10-20/h6-14,18,22-23H,15-17H2,1-5H3,(H2,28,31)(H,29,32)(H,30,33)/t22-,23+/m0/s1. The van der Waals surface area contributed by atoms with Crippen molar-refractivity contribution in [1.29, 1.82) is 0 Å². The number of benzene rings is 2. The van der Waals surface area contributed by atoms with Crippen LogP contribution < -0.4 is 21.1 Å². The zero-order valence-electron chi connectivity index (χ0n) is 21.2. The molecule has 0 saturated carbocycles. The average molecular weight is 484 g/mol. The Morgan fingerprint density at radius 2 is 1.51 bits per heavy atom. The first-order valence-corrected chi connectivity index (χ1v) is 11.8. The number of hydrogen-bond acceptors (Lipinski definition) is 5. The smallest absolute Gasteiger partial charge is 0.408 e. The second-order valence-electron chi connectivity index (χ2n) is 9.91. The highest BCUT2D eigenvalue weighted by Gasteiger charge is 2.28. The Balaban J connectivity index is 2.10. The summed E-state index contributed by atoms with van der Waals surface area (Å²) in [6.07, 6.45) is -0.134. The molecule has 0 aromatic heterocycles. The molecule has 0 radical (unpaired) electrons. The van der Waals surface area contributed by atoms with Crippen molar-refractivity contribution in [1.82, 2.24) is 10.6 Å². The minimum absolute atomic E-state index is 0.147. The van der Waals surface area contributed by atoms with Gasteiger partial charge in [-0.1, -0.05) is 56.3 Å².